The highest BCUT2D eigenvalue weighted by atomic mass is 35.5. The van der Waals surface area contributed by atoms with Crippen LogP contribution in [0.15, 0.2) is 24.3 Å². The number of carbonyl (C=O) groups is 1. The average Bonchev–Trinajstić information content (AvgIpc) is 2.22. The minimum atomic E-state index is -0.290. The van der Waals surface area contributed by atoms with Crippen LogP contribution >= 0.6 is 12.4 Å². The number of hydrogen-bond donors (Lipinski definition) is 2. The Morgan fingerprint density at radius 2 is 1.94 bits per heavy atom. The summed E-state index contributed by atoms with van der Waals surface area (Å²) in [5, 5.41) is 2.73. The highest BCUT2D eigenvalue weighted by Crippen LogP contribution is 2.03. The number of halogens is 2. The third-order valence-electron chi connectivity index (χ3n) is 1.98. The molecule has 5 heteroatoms. The van der Waals surface area contributed by atoms with Crippen LogP contribution in [-0.2, 0) is 11.2 Å². The van der Waals surface area contributed by atoms with Gasteiger partial charge in [-0.15, -0.1) is 12.4 Å². The van der Waals surface area contributed by atoms with Crippen molar-refractivity contribution in [2.24, 2.45) is 5.73 Å². The predicted octanol–water partition coefficient (Wildman–Crippen LogP) is 1.25. The van der Waals surface area contributed by atoms with E-state index in [-0.39, 0.29) is 30.6 Å². The van der Waals surface area contributed by atoms with Crippen LogP contribution in [0.3, 0.4) is 0 Å². The van der Waals surface area contributed by atoms with Crippen LogP contribution in [0, 0.1) is 5.82 Å². The third-order valence-corrected chi connectivity index (χ3v) is 1.98. The van der Waals surface area contributed by atoms with Crippen LogP contribution < -0.4 is 11.1 Å². The second-order valence-electron chi connectivity index (χ2n) is 3.30. The zero-order valence-electron chi connectivity index (χ0n) is 8.91. The lowest BCUT2D eigenvalue weighted by Gasteiger charge is -2.03. The summed E-state index contributed by atoms with van der Waals surface area (Å²) in [6.45, 7) is 1.16. The van der Waals surface area contributed by atoms with E-state index in [0.717, 1.165) is 12.0 Å². The first-order chi connectivity index (χ1) is 7.22. The molecule has 1 aromatic rings. The molecular formula is C11H16ClFN2O. The van der Waals surface area contributed by atoms with E-state index in [1.807, 2.05) is 0 Å². The molecule has 0 bridgehead atoms. The molecule has 0 saturated carbocycles. The number of carbonyl (C=O) groups excluding carboxylic acids is 1. The number of nitrogens with one attached hydrogen (secondary N) is 1. The summed E-state index contributed by atoms with van der Waals surface area (Å²) >= 11 is 0. The van der Waals surface area contributed by atoms with Gasteiger partial charge in [-0.3, -0.25) is 4.79 Å². The van der Waals surface area contributed by atoms with Gasteiger partial charge in [0.1, 0.15) is 5.82 Å². The largest absolute Gasteiger partial charge is 0.356 e. The lowest BCUT2D eigenvalue weighted by molar-refractivity contribution is -0.120. The zero-order valence-corrected chi connectivity index (χ0v) is 9.73. The molecule has 90 valence electrons. The smallest absolute Gasteiger partial charge is 0.224 e. The molecule has 3 nitrogen and oxygen atoms in total. The van der Waals surface area contributed by atoms with Gasteiger partial charge in [0, 0.05) is 6.54 Å². The van der Waals surface area contributed by atoms with Crippen molar-refractivity contribution < 1.29 is 9.18 Å². The number of benzene rings is 1. The monoisotopic (exact) mass is 246 g/mol. The van der Waals surface area contributed by atoms with Crippen molar-refractivity contribution in [1.29, 1.82) is 0 Å². The van der Waals surface area contributed by atoms with Crippen LogP contribution in [0.25, 0.3) is 0 Å². The molecule has 0 fully saturated rings. The Hall–Kier alpha value is -1.13. The van der Waals surface area contributed by atoms with Gasteiger partial charge < -0.3 is 11.1 Å². The normalized spacial score (nSPS) is 9.38. The van der Waals surface area contributed by atoms with Crippen molar-refractivity contribution in [3.05, 3.63) is 35.6 Å². The highest BCUT2D eigenvalue weighted by molar-refractivity contribution is 5.85. The second-order valence-corrected chi connectivity index (χ2v) is 3.30. The van der Waals surface area contributed by atoms with E-state index in [0.29, 0.717) is 13.1 Å². The SMILES string of the molecule is Cl.NCCCNC(=O)Cc1ccc(F)cc1. The van der Waals surface area contributed by atoms with Gasteiger partial charge in [-0.2, -0.15) is 0 Å². The van der Waals surface area contributed by atoms with Gasteiger partial charge in [-0.1, -0.05) is 12.1 Å². The molecule has 0 aliphatic carbocycles. The molecule has 3 N–H and O–H groups in total. The second kappa shape index (κ2) is 8.07. The van der Waals surface area contributed by atoms with Gasteiger partial charge in [0.15, 0.2) is 0 Å². The Morgan fingerprint density at radius 1 is 1.31 bits per heavy atom. The van der Waals surface area contributed by atoms with Crippen LogP contribution in [0.2, 0.25) is 0 Å². The van der Waals surface area contributed by atoms with Crippen LogP contribution in [-0.4, -0.2) is 19.0 Å². The first kappa shape index (κ1) is 14.9. The molecule has 0 atom stereocenters. The molecule has 0 spiro atoms. The van der Waals surface area contributed by atoms with Gasteiger partial charge >= 0.3 is 0 Å². The molecule has 16 heavy (non-hydrogen) atoms. The number of rotatable bonds is 5. The quantitative estimate of drug-likeness (QED) is 0.769. The number of nitrogens with two attached hydrogens (primary N) is 1. The van der Waals surface area contributed by atoms with E-state index < -0.39 is 0 Å². The van der Waals surface area contributed by atoms with Crippen LogP contribution in [0.1, 0.15) is 12.0 Å². The maximum absolute atomic E-state index is 12.6. The van der Waals surface area contributed by atoms with Gasteiger partial charge in [-0.25, -0.2) is 4.39 Å². The molecule has 1 rings (SSSR count). The van der Waals surface area contributed by atoms with Gasteiger partial charge in [-0.05, 0) is 30.7 Å². The van der Waals surface area contributed by atoms with Gasteiger partial charge in [0.05, 0.1) is 6.42 Å². The minimum Gasteiger partial charge on any atom is -0.356 e. The van der Waals surface area contributed by atoms with Crippen LogP contribution in [0.5, 0.6) is 0 Å². The fourth-order valence-corrected chi connectivity index (χ4v) is 1.18. The molecule has 0 heterocycles. The van der Waals surface area contributed by atoms with E-state index in [4.69, 9.17) is 5.73 Å². The molecule has 0 aromatic heterocycles. The first-order valence-electron chi connectivity index (χ1n) is 4.93. The Balaban J connectivity index is 0.00000225. The molecule has 0 aliphatic heterocycles. The lowest BCUT2D eigenvalue weighted by atomic mass is 10.1. The van der Waals surface area contributed by atoms with E-state index in [2.05, 4.69) is 5.32 Å². The minimum absolute atomic E-state index is 0. The van der Waals surface area contributed by atoms with Crippen LogP contribution in [0.4, 0.5) is 4.39 Å². The summed E-state index contributed by atoms with van der Waals surface area (Å²) in [7, 11) is 0. The standard InChI is InChI=1S/C11H15FN2O.ClH/c12-10-4-2-9(3-5-10)8-11(15)14-7-1-6-13;/h2-5H,1,6-8,13H2,(H,14,15);1H. The fraction of sp³-hybridized carbons (Fsp3) is 0.364. The van der Waals surface area contributed by atoms with Crippen molar-refractivity contribution in [2.45, 2.75) is 12.8 Å². The van der Waals surface area contributed by atoms with Gasteiger partial charge in [0.25, 0.3) is 0 Å². The van der Waals surface area contributed by atoms with Crippen molar-refractivity contribution in [3.63, 3.8) is 0 Å². The average molecular weight is 247 g/mol. The maximum atomic E-state index is 12.6. The van der Waals surface area contributed by atoms with Crippen molar-refractivity contribution >= 4 is 18.3 Å². The van der Waals surface area contributed by atoms with E-state index in [1.165, 1.54) is 12.1 Å². The Bertz CT molecular complexity index is 316. The van der Waals surface area contributed by atoms with Crippen molar-refractivity contribution in [2.75, 3.05) is 13.1 Å². The Labute approximate surface area is 101 Å². The Morgan fingerprint density at radius 3 is 2.50 bits per heavy atom. The summed E-state index contributed by atoms with van der Waals surface area (Å²) in [6, 6.07) is 5.92. The summed E-state index contributed by atoms with van der Waals surface area (Å²) in [5.74, 6) is -0.350. The molecule has 0 aliphatic rings. The summed E-state index contributed by atoms with van der Waals surface area (Å²) in [6.07, 6.45) is 1.06. The van der Waals surface area contributed by atoms with E-state index in [1.54, 1.807) is 12.1 Å². The van der Waals surface area contributed by atoms with Crippen molar-refractivity contribution in [3.8, 4) is 0 Å². The maximum Gasteiger partial charge on any atom is 0.224 e. The first-order valence-corrected chi connectivity index (χ1v) is 4.93. The molecule has 1 amide bonds. The van der Waals surface area contributed by atoms with E-state index >= 15 is 0 Å². The zero-order chi connectivity index (χ0) is 11.1. The molecular weight excluding hydrogens is 231 g/mol. The molecule has 0 saturated heterocycles. The highest BCUT2D eigenvalue weighted by Gasteiger charge is 2.02. The lowest BCUT2D eigenvalue weighted by Crippen LogP contribution is -2.27. The molecule has 0 radical (unpaired) electrons. The number of amides is 1. The molecule has 1 aromatic carbocycles. The fourth-order valence-electron chi connectivity index (χ4n) is 1.18. The van der Waals surface area contributed by atoms with E-state index in [9.17, 15) is 9.18 Å². The molecule has 0 unspecified atom stereocenters. The number of hydrogen-bond acceptors (Lipinski definition) is 2. The topological polar surface area (TPSA) is 55.1 Å². The summed E-state index contributed by atoms with van der Waals surface area (Å²) in [4.78, 5) is 11.3. The third kappa shape index (κ3) is 5.68. The summed E-state index contributed by atoms with van der Waals surface area (Å²) in [5.41, 5.74) is 6.10. The Kier molecular flexibility index (Phi) is 7.50. The van der Waals surface area contributed by atoms with Crippen molar-refractivity contribution in [1.82, 2.24) is 5.32 Å². The predicted molar refractivity (Wildman–Crippen MR) is 64.0 cm³/mol. The van der Waals surface area contributed by atoms with Gasteiger partial charge in [0.2, 0.25) is 5.91 Å². The summed E-state index contributed by atoms with van der Waals surface area (Å²) < 4.78 is 12.6.